The third-order valence-corrected chi connectivity index (χ3v) is 3.78. The van der Waals surface area contributed by atoms with Crippen molar-refractivity contribution in [3.8, 4) is 0 Å². The lowest BCUT2D eigenvalue weighted by Crippen LogP contribution is -2.30. The van der Waals surface area contributed by atoms with Gasteiger partial charge in [0.15, 0.2) is 6.10 Å². The lowest BCUT2D eigenvalue weighted by molar-refractivity contribution is -0.123. The van der Waals surface area contributed by atoms with Crippen molar-refractivity contribution in [1.82, 2.24) is 0 Å². The number of carbonyl (C=O) groups is 2. The number of para-hydroxylation sites is 1. The topological polar surface area (TPSA) is 55.4 Å². The molecular formula is C16H12Cl2FNO3. The standard InChI is InChI=1S/C16H12Cl2FNO3/c1-9(15(21)20-13-8-3-2-7-12(13)19)23-16(22)10-5-4-6-11(17)14(10)18/h2-9H,1H3,(H,20,21)/t9-/m1/s1. The van der Waals surface area contributed by atoms with E-state index in [0.717, 1.165) is 0 Å². The normalized spacial score (nSPS) is 11.7. The van der Waals surface area contributed by atoms with Crippen molar-refractivity contribution in [2.24, 2.45) is 0 Å². The first kappa shape index (κ1) is 17.2. The van der Waals surface area contributed by atoms with Crippen LogP contribution in [0.5, 0.6) is 0 Å². The van der Waals surface area contributed by atoms with Crippen LogP contribution in [0.2, 0.25) is 10.0 Å². The summed E-state index contributed by atoms with van der Waals surface area (Å²) in [5.74, 6) is -2.05. The van der Waals surface area contributed by atoms with Gasteiger partial charge >= 0.3 is 5.97 Å². The van der Waals surface area contributed by atoms with E-state index in [1.165, 1.54) is 43.3 Å². The van der Waals surface area contributed by atoms with Gasteiger partial charge in [0.1, 0.15) is 5.82 Å². The summed E-state index contributed by atoms with van der Waals surface area (Å²) in [4.78, 5) is 24.0. The van der Waals surface area contributed by atoms with E-state index in [4.69, 9.17) is 27.9 Å². The van der Waals surface area contributed by atoms with Gasteiger partial charge in [0.25, 0.3) is 5.91 Å². The summed E-state index contributed by atoms with van der Waals surface area (Å²) >= 11 is 11.7. The summed E-state index contributed by atoms with van der Waals surface area (Å²) in [5, 5.41) is 2.58. The molecule has 0 saturated carbocycles. The lowest BCUT2D eigenvalue weighted by atomic mass is 10.2. The van der Waals surface area contributed by atoms with Crippen molar-refractivity contribution in [2.75, 3.05) is 5.32 Å². The Labute approximate surface area is 142 Å². The van der Waals surface area contributed by atoms with Crippen LogP contribution >= 0.6 is 23.2 Å². The van der Waals surface area contributed by atoms with Crippen LogP contribution in [0.1, 0.15) is 17.3 Å². The average Bonchev–Trinajstić information content (AvgIpc) is 2.52. The number of hydrogen-bond acceptors (Lipinski definition) is 3. The van der Waals surface area contributed by atoms with Gasteiger partial charge in [0.2, 0.25) is 0 Å². The minimum absolute atomic E-state index is 0.00110. The summed E-state index contributed by atoms with van der Waals surface area (Å²) in [7, 11) is 0. The van der Waals surface area contributed by atoms with Gasteiger partial charge < -0.3 is 10.1 Å². The predicted octanol–water partition coefficient (Wildman–Crippen LogP) is 4.32. The number of esters is 1. The molecule has 0 fully saturated rings. The number of rotatable bonds is 4. The molecule has 0 saturated heterocycles. The second-order valence-corrected chi connectivity index (χ2v) is 5.40. The molecule has 1 atom stereocenters. The minimum Gasteiger partial charge on any atom is -0.449 e. The van der Waals surface area contributed by atoms with Crippen LogP contribution in [-0.4, -0.2) is 18.0 Å². The summed E-state index contributed by atoms with van der Waals surface area (Å²) < 4.78 is 18.5. The van der Waals surface area contributed by atoms with E-state index in [9.17, 15) is 14.0 Å². The fourth-order valence-electron chi connectivity index (χ4n) is 1.74. The third-order valence-electron chi connectivity index (χ3n) is 2.96. The van der Waals surface area contributed by atoms with E-state index in [0.29, 0.717) is 0 Å². The molecule has 0 spiro atoms. The lowest BCUT2D eigenvalue weighted by Gasteiger charge is -2.14. The van der Waals surface area contributed by atoms with Gasteiger partial charge in [-0.25, -0.2) is 9.18 Å². The van der Waals surface area contributed by atoms with Gasteiger partial charge in [0, 0.05) is 0 Å². The Kier molecular flexibility index (Phi) is 5.58. The molecule has 0 aliphatic carbocycles. The van der Waals surface area contributed by atoms with E-state index in [2.05, 4.69) is 5.32 Å². The highest BCUT2D eigenvalue weighted by atomic mass is 35.5. The molecule has 0 aliphatic heterocycles. The zero-order chi connectivity index (χ0) is 17.0. The number of carbonyl (C=O) groups excluding carboxylic acids is 2. The molecule has 0 unspecified atom stereocenters. The van der Waals surface area contributed by atoms with Crippen LogP contribution in [0.15, 0.2) is 42.5 Å². The van der Waals surface area contributed by atoms with Gasteiger partial charge in [-0.15, -0.1) is 0 Å². The molecule has 2 rings (SSSR count). The zero-order valence-electron chi connectivity index (χ0n) is 12.0. The molecule has 23 heavy (non-hydrogen) atoms. The van der Waals surface area contributed by atoms with Crippen molar-refractivity contribution in [3.05, 3.63) is 63.9 Å². The maximum atomic E-state index is 13.5. The van der Waals surface area contributed by atoms with Crippen molar-refractivity contribution in [1.29, 1.82) is 0 Å². The molecule has 7 heteroatoms. The molecule has 0 heterocycles. The van der Waals surface area contributed by atoms with Crippen LogP contribution in [-0.2, 0) is 9.53 Å². The molecule has 1 N–H and O–H groups in total. The minimum atomic E-state index is -1.14. The number of ether oxygens (including phenoxy) is 1. The maximum Gasteiger partial charge on any atom is 0.340 e. The highest BCUT2D eigenvalue weighted by Crippen LogP contribution is 2.26. The summed E-state index contributed by atoms with van der Waals surface area (Å²) in [6, 6.07) is 10.2. The van der Waals surface area contributed by atoms with Gasteiger partial charge in [-0.1, -0.05) is 41.4 Å². The Morgan fingerprint density at radius 3 is 2.52 bits per heavy atom. The highest BCUT2D eigenvalue weighted by molar-refractivity contribution is 6.43. The molecule has 0 radical (unpaired) electrons. The number of hydrogen-bond donors (Lipinski definition) is 1. The number of nitrogens with one attached hydrogen (secondary N) is 1. The largest absolute Gasteiger partial charge is 0.449 e. The zero-order valence-corrected chi connectivity index (χ0v) is 13.5. The monoisotopic (exact) mass is 355 g/mol. The van der Waals surface area contributed by atoms with Crippen LogP contribution in [0.25, 0.3) is 0 Å². The second-order valence-electron chi connectivity index (χ2n) is 4.62. The van der Waals surface area contributed by atoms with E-state index in [-0.39, 0.29) is 21.3 Å². The van der Waals surface area contributed by atoms with Crippen LogP contribution in [0.4, 0.5) is 10.1 Å². The van der Waals surface area contributed by atoms with Gasteiger partial charge in [0.05, 0.1) is 21.3 Å². The van der Waals surface area contributed by atoms with Gasteiger partial charge in [-0.05, 0) is 31.2 Å². The van der Waals surface area contributed by atoms with Gasteiger partial charge in [-0.2, -0.15) is 0 Å². The smallest absolute Gasteiger partial charge is 0.340 e. The molecule has 120 valence electrons. The SMILES string of the molecule is C[C@@H](OC(=O)c1cccc(Cl)c1Cl)C(=O)Nc1ccccc1F. The molecule has 2 aromatic carbocycles. The van der Waals surface area contributed by atoms with Crippen molar-refractivity contribution in [3.63, 3.8) is 0 Å². The molecular weight excluding hydrogens is 344 g/mol. The first-order valence-electron chi connectivity index (χ1n) is 6.60. The Bertz CT molecular complexity index is 752. The van der Waals surface area contributed by atoms with E-state index < -0.39 is 23.8 Å². The fraction of sp³-hybridized carbons (Fsp3) is 0.125. The third kappa shape index (κ3) is 4.21. The molecule has 0 aromatic heterocycles. The molecule has 2 aromatic rings. The molecule has 1 amide bonds. The first-order chi connectivity index (χ1) is 10.9. The Morgan fingerprint density at radius 1 is 1.13 bits per heavy atom. The highest BCUT2D eigenvalue weighted by Gasteiger charge is 2.22. The fourth-order valence-corrected chi connectivity index (χ4v) is 2.11. The average molecular weight is 356 g/mol. The Morgan fingerprint density at radius 2 is 1.83 bits per heavy atom. The van der Waals surface area contributed by atoms with Crippen molar-refractivity contribution < 1.29 is 18.7 Å². The summed E-state index contributed by atoms with van der Waals surface area (Å²) in [6.45, 7) is 1.37. The number of halogens is 3. The number of anilines is 1. The van der Waals surface area contributed by atoms with E-state index in [1.54, 1.807) is 6.07 Å². The second kappa shape index (κ2) is 7.44. The first-order valence-corrected chi connectivity index (χ1v) is 7.36. The maximum absolute atomic E-state index is 13.5. The summed E-state index contributed by atoms with van der Waals surface area (Å²) in [6.07, 6.45) is -1.14. The number of amides is 1. The van der Waals surface area contributed by atoms with Crippen molar-refractivity contribution >= 4 is 40.8 Å². The summed E-state index contributed by atoms with van der Waals surface area (Å²) in [5.41, 5.74) is 0.0471. The molecule has 0 bridgehead atoms. The van der Waals surface area contributed by atoms with Crippen LogP contribution in [0.3, 0.4) is 0 Å². The van der Waals surface area contributed by atoms with Crippen LogP contribution < -0.4 is 5.32 Å². The van der Waals surface area contributed by atoms with Crippen molar-refractivity contribution in [2.45, 2.75) is 13.0 Å². The predicted molar refractivity (Wildman–Crippen MR) is 86.4 cm³/mol. The molecule has 4 nitrogen and oxygen atoms in total. The number of benzene rings is 2. The van der Waals surface area contributed by atoms with E-state index >= 15 is 0 Å². The quantitative estimate of drug-likeness (QED) is 0.831. The van der Waals surface area contributed by atoms with Crippen LogP contribution in [0, 0.1) is 5.82 Å². The van der Waals surface area contributed by atoms with Gasteiger partial charge in [-0.3, -0.25) is 4.79 Å². The Balaban J connectivity index is 2.05. The Hall–Kier alpha value is -2.11. The molecule has 0 aliphatic rings. The van der Waals surface area contributed by atoms with E-state index in [1.807, 2.05) is 0 Å².